The first-order chi connectivity index (χ1) is 12.1. The van der Waals surface area contributed by atoms with Crippen molar-refractivity contribution in [1.29, 1.82) is 0 Å². The van der Waals surface area contributed by atoms with E-state index < -0.39 is 26.8 Å². The summed E-state index contributed by atoms with van der Waals surface area (Å²) in [4.78, 5) is 19.6. The normalized spacial score (nSPS) is 32.2. The van der Waals surface area contributed by atoms with E-state index in [1.165, 1.54) is 0 Å². The third kappa shape index (κ3) is 6.72. The number of alkyl halides is 4. The average molecular weight is 498 g/mol. The predicted molar refractivity (Wildman–Crippen MR) is 101 cm³/mol. The molecule has 1 fully saturated rings. The van der Waals surface area contributed by atoms with Crippen LogP contribution in [0.25, 0.3) is 0 Å². The Kier molecular flexibility index (Phi) is 10.7. The van der Waals surface area contributed by atoms with E-state index in [1.54, 1.807) is 0 Å². The second-order valence-corrected chi connectivity index (χ2v) is 10.0. The van der Waals surface area contributed by atoms with E-state index >= 15 is 0 Å². The number of halogens is 4. The van der Waals surface area contributed by atoms with Gasteiger partial charge in [0.15, 0.2) is 0 Å². The van der Waals surface area contributed by atoms with Gasteiger partial charge in [-0.25, -0.2) is 9.13 Å². The van der Waals surface area contributed by atoms with Crippen LogP contribution in [0.2, 0.25) is 0 Å². The van der Waals surface area contributed by atoms with Crippen molar-refractivity contribution in [3.63, 3.8) is 0 Å². The molecule has 0 aliphatic carbocycles. The third-order valence-electron chi connectivity index (χ3n) is 4.04. The first kappa shape index (κ1) is 25.4. The van der Waals surface area contributed by atoms with Gasteiger partial charge in [-0.05, 0) is 25.7 Å². The topological polar surface area (TPSA) is 112 Å². The first-order valence-electron chi connectivity index (χ1n) is 7.71. The largest absolute Gasteiger partial charge is 0.481 e. The van der Waals surface area contributed by atoms with Gasteiger partial charge in [0.05, 0.1) is 13.2 Å². The summed E-state index contributed by atoms with van der Waals surface area (Å²) in [6.45, 7) is -0.495. The molecule has 2 atom stereocenters. The SMILES string of the molecule is O=P1(O)OCCOC(CCCl)(CCCl)C(CCCl)(CCCl)OP(=O)(O)O1. The molecule has 8 nitrogen and oxygen atoms in total. The molecule has 1 rings (SSSR count). The molecule has 1 aliphatic heterocycles. The molecular weight excluding hydrogens is 476 g/mol. The van der Waals surface area contributed by atoms with E-state index in [1.807, 2.05) is 0 Å². The zero-order chi connectivity index (χ0) is 19.9. The second-order valence-electron chi connectivity index (χ2n) is 5.54. The number of rotatable bonds is 8. The van der Waals surface area contributed by atoms with Gasteiger partial charge >= 0.3 is 15.6 Å². The quantitative estimate of drug-likeness (QED) is 0.378. The van der Waals surface area contributed by atoms with Crippen LogP contribution in [0.1, 0.15) is 25.7 Å². The maximum atomic E-state index is 12.4. The Balaban J connectivity index is 3.51. The summed E-state index contributed by atoms with van der Waals surface area (Å²) in [5, 5.41) is 0. The molecule has 26 heavy (non-hydrogen) atoms. The molecule has 1 heterocycles. The maximum Gasteiger partial charge on any atom is 0.481 e. The highest BCUT2D eigenvalue weighted by Crippen LogP contribution is 2.64. The molecule has 1 saturated heterocycles. The predicted octanol–water partition coefficient (Wildman–Crippen LogP) is 4.26. The minimum absolute atomic E-state index is 0.0276. The van der Waals surface area contributed by atoms with E-state index in [2.05, 4.69) is 8.83 Å². The number of phosphoric acid groups is 2. The minimum atomic E-state index is -5.06. The van der Waals surface area contributed by atoms with Crippen molar-refractivity contribution < 1.29 is 37.0 Å². The highest BCUT2D eigenvalue weighted by molar-refractivity contribution is 7.61. The molecule has 0 saturated carbocycles. The van der Waals surface area contributed by atoms with Crippen LogP contribution >= 0.6 is 62.0 Å². The third-order valence-corrected chi connectivity index (χ3v) is 7.53. The van der Waals surface area contributed by atoms with Crippen LogP contribution in [0, 0.1) is 0 Å². The van der Waals surface area contributed by atoms with Gasteiger partial charge < -0.3 is 14.5 Å². The van der Waals surface area contributed by atoms with E-state index in [9.17, 15) is 18.9 Å². The smallest absolute Gasteiger partial charge is 0.369 e. The molecule has 2 unspecified atom stereocenters. The van der Waals surface area contributed by atoms with E-state index in [4.69, 9.17) is 55.7 Å². The lowest BCUT2D eigenvalue weighted by Crippen LogP contribution is -2.59. The number of ether oxygens (including phenoxy) is 1. The van der Waals surface area contributed by atoms with Gasteiger partial charge in [-0.2, -0.15) is 4.31 Å². The maximum absolute atomic E-state index is 12.4. The summed E-state index contributed by atoms with van der Waals surface area (Å²) in [5.74, 6) is 0.310. The zero-order valence-electron chi connectivity index (χ0n) is 13.8. The van der Waals surface area contributed by atoms with Crippen molar-refractivity contribution in [1.82, 2.24) is 0 Å². The Morgan fingerprint density at radius 3 is 1.69 bits per heavy atom. The van der Waals surface area contributed by atoms with Crippen molar-refractivity contribution in [2.75, 3.05) is 36.7 Å². The zero-order valence-corrected chi connectivity index (χ0v) is 18.6. The molecule has 0 aromatic rings. The molecule has 1 aliphatic rings. The Morgan fingerprint density at radius 2 is 1.23 bits per heavy atom. The van der Waals surface area contributed by atoms with Gasteiger partial charge in [0.1, 0.15) is 11.2 Å². The molecule has 14 heteroatoms. The average Bonchev–Trinajstić information content (AvgIpc) is 2.50. The Morgan fingerprint density at radius 1 is 0.769 bits per heavy atom. The minimum Gasteiger partial charge on any atom is -0.369 e. The summed E-state index contributed by atoms with van der Waals surface area (Å²) < 4.78 is 44.5. The van der Waals surface area contributed by atoms with Gasteiger partial charge in [-0.15, -0.1) is 46.4 Å². The number of phosphoric ester groups is 2. The van der Waals surface area contributed by atoms with Crippen LogP contribution in [0.4, 0.5) is 0 Å². The molecule has 0 aromatic carbocycles. The van der Waals surface area contributed by atoms with Gasteiger partial charge in [-0.1, -0.05) is 0 Å². The molecule has 0 bridgehead atoms. The van der Waals surface area contributed by atoms with E-state index in [0.29, 0.717) is 0 Å². The summed E-state index contributed by atoms with van der Waals surface area (Å²) in [6.07, 6.45) is 0.483. The Hall–Kier alpha value is 1.38. The monoisotopic (exact) mass is 496 g/mol. The van der Waals surface area contributed by atoms with Crippen molar-refractivity contribution >= 4 is 62.0 Å². The van der Waals surface area contributed by atoms with Crippen LogP contribution in [-0.2, 0) is 27.2 Å². The van der Waals surface area contributed by atoms with Crippen molar-refractivity contribution in [3.05, 3.63) is 0 Å². The van der Waals surface area contributed by atoms with Crippen LogP contribution in [0.3, 0.4) is 0 Å². The number of hydrogen-bond donors (Lipinski definition) is 2. The summed E-state index contributed by atoms with van der Waals surface area (Å²) in [5.41, 5.74) is -2.76. The number of hydrogen-bond acceptors (Lipinski definition) is 6. The van der Waals surface area contributed by atoms with Gasteiger partial charge in [0, 0.05) is 23.5 Å². The molecular formula is C12H22Cl4O8P2. The molecule has 0 radical (unpaired) electrons. The van der Waals surface area contributed by atoms with Crippen LogP contribution < -0.4 is 0 Å². The summed E-state index contributed by atoms with van der Waals surface area (Å²) in [7, 11) is -9.89. The van der Waals surface area contributed by atoms with E-state index in [-0.39, 0.29) is 62.4 Å². The fraction of sp³-hybridized carbons (Fsp3) is 1.00. The lowest BCUT2D eigenvalue weighted by atomic mass is 9.74. The van der Waals surface area contributed by atoms with Crippen LogP contribution in [-0.4, -0.2) is 57.7 Å². The molecule has 0 amide bonds. The second kappa shape index (κ2) is 11.0. The lowest BCUT2D eigenvalue weighted by Gasteiger charge is -2.50. The van der Waals surface area contributed by atoms with Crippen LogP contribution in [0.5, 0.6) is 0 Å². The standard InChI is InChI=1S/C12H22Cl4O8P2/c13-5-1-11(2-6-14)12(3-7-15,4-8-16)23-26(19,20)24-25(17,18)22-10-9-21-11/h1-10H2,(H,17,18)(H,19,20). The molecule has 2 N–H and O–H groups in total. The molecule has 0 aromatic heterocycles. The highest BCUT2D eigenvalue weighted by atomic mass is 35.5. The first-order valence-corrected chi connectivity index (χ1v) is 12.8. The fourth-order valence-electron chi connectivity index (χ4n) is 3.00. The molecule has 156 valence electrons. The molecule has 0 spiro atoms. The van der Waals surface area contributed by atoms with Gasteiger partial charge in [0.25, 0.3) is 0 Å². The van der Waals surface area contributed by atoms with Crippen molar-refractivity contribution in [3.8, 4) is 0 Å². The van der Waals surface area contributed by atoms with E-state index in [0.717, 1.165) is 0 Å². The van der Waals surface area contributed by atoms with Gasteiger partial charge in [-0.3, -0.25) is 9.05 Å². The fourth-order valence-corrected chi connectivity index (χ4v) is 6.69. The Bertz CT molecular complexity index is 525. The summed E-state index contributed by atoms with van der Waals surface area (Å²) in [6, 6.07) is 0. The lowest BCUT2D eigenvalue weighted by molar-refractivity contribution is -0.189. The van der Waals surface area contributed by atoms with Crippen LogP contribution in [0.15, 0.2) is 0 Å². The van der Waals surface area contributed by atoms with Gasteiger partial charge in [0.2, 0.25) is 0 Å². The Labute approximate surface area is 172 Å². The highest BCUT2D eigenvalue weighted by Gasteiger charge is 2.57. The summed E-state index contributed by atoms with van der Waals surface area (Å²) >= 11 is 23.7. The van der Waals surface area contributed by atoms with Crippen molar-refractivity contribution in [2.24, 2.45) is 0 Å². The van der Waals surface area contributed by atoms with Crippen molar-refractivity contribution in [2.45, 2.75) is 36.9 Å².